The number of thioether (sulfide) groups is 1. The third kappa shape index (κ3) is 2.88. The fourth-order valence-electron chi connectivity index (χ4n) is 2.75. The monoisotopic (exact) mass is 304 g/mol. The van der Waals surface area contributed by atoms with Gasteiger partial charge >= 0.3 is 0 Å². The SMILES string of the molecule is CC1SCCCC1(CN)N(C)Cc1ccc(Cl)s1. The summed E-state index contributed by atoms with van der Waals surface area (Å²) in [5, 5.41) is 0.594. The molecule has 2 N–H and O–H groups in total. The Morgan fingerprint density at radius 3 is 2.89 bits per heavy atom. The van der Waals surface area contributed by atoms with Crippen molar-refractivity contribution in [3.05, 3.63) is 21.3 Å². The van der Waals surface area contributed by atoms with Gasteiger partial charge in [0.1, 0.15) is 0 Å². The minimum atomic E-state index is 0.138. The molecule has 0 bridgehead atoms. The van der Waals surface area contributed by atoms with E-state index in [1.165, 1.54) is 23.5 Å². The number of hydrogen-bond acceptors (Lipinski definition) is 4. The van der Waals surface area contributed by atoms with Crippen molar-refractivity contribution in [2.75, 3.05) is 19.3 Å². The fourth-order valence-corrected chi connectivity index (χ4v) is 5.26. The first kappa shape index (κ1) is 14.7. The first-order valence-electron chi connectivity index (χ1n) is 6.35. The molecule has 0 aliphatic carbocycles. The van der Waals surface area contributed by atoms with Crippen LogP contribution in [0.4, 0.5) is 0 Å². The van der Waals surface area contributed by atoms with E-state index in [4.69, 9.17) is 17.3 Å². The standard InChI is InChI=1S/C13H21ClN2S2/c1-10-13(9-15,6-3-7-17-10)16(2)8-11-4-5-12(14)18-11/h4-5,10H,3,6-9,15H2,1-2H3. The number of nitrogens with two attached hydrogens (primary N) is 1. The van der Waals surface area contributed by atoms with Gasteiger partial charge in [-0.15, -0.1) is 11.3 Å². The smallest absolute Gasteiger partial charge is 0.0931 e. The third-order valence-electron chi connectivity index (χ3n) is 4.01. The molecule has 5 heteroatoms. The third-order valence-corrected chi connectivity index (χ3v) is 6.69. The normalized spacial score (nSPS) is 28.8. The lowest BCUT2D eigenvalue weighted by molar-refractivity contribution is 0.105. The highest BCUT2D eigenvalue weighted by atomic mass is 35.5. The van der Waals surface area contributed by atoms with Crippen LogP contribution in [0, 0.1) is 0 Å². The molecule has 2 nitrogen and oxygen atoms in total. The van der Waals surface area contributed by atoms with Gasteiger partial charge in [0.05, 0.1) is 4.34 Å². The quantitative estimate of drug-likeness (QED) is 0.924. The highest BCUT2D eigenvalue weighted by Crippen LogP contribution is 2.38. The molecular formula is C13H21ClN2S2. The van der Waals surface area contributed by atoms with Gasteiger partial charge in [-0.3, -0.25) is 4.90 Å². The number of likely N-dealkylation sites (N-methyl/N-ethyl adjacent to an activating group) is 1. The zero-order chi connectivity index (χ0) is 13.2. The van der Waals surface area contributed by atoms with E-state index in [9.17, 15) is 0 Å². The Bertz CT molecular complexity index is 396. The molecule has 2 rings (SSSR count). The van der Waals surface area contributed by atoms with Gasteiger partial charge < -0.3 is 5.73 Å². The van der Waals surface area contributed by atoms with Gasteiger partial charge in [0, 0.05) is 28.8 Å². The minimum Gasteiger partial charge on any atom is -0.329 e. The summed E-state index contributed by atoms with van der Waals surface area (Å²) in [6, 6.07) is 4.10. The molecule has 0 amide bonds. The van der Waals surface area contributed by atoms with Gasteiger partial charge in [-0.1, -0.05) is 18.5 Å². The topological polar surface area (TPSA) is 29.3 Å². The van der Waals surface area contributed by atoms with Crippen molar-refractivity contribution in [2.24, 2.45) is 5.73 Å². The van der Waals surface area contributed by atoms with Crippen molar-refractivity contribution >= 4 is 34.7 Å². The van der Waals surface area contributed by atoms with Crippen LogP contribution < -0.4 is 5.73 Å². The van der Waals surface area contributed by atoms with Crippen molar-refractivity contribution in [1.29, 1.82) is 0 Å². The van der Waals surface area contributed by atoms with Gasteiger partial charge in [-0.25, -0.2) is 0 Å². The second-order valence-corrected chi connectivity index (χ2v) is 8.23. The molecule has 18 heavy (non-hydrogen) atoms. The van der Waals surface area contributed by atoms with Crippen LogP contribution in [0.3, 0.4) is 0 Å². The predicted molar refractivity (Wildman–Crippen MR) is 83.7 cm³/mol. The van der Waals surface area contributed by atoms with Gasteiger partial charge in [-0.2, -0.15) is 11.8 Å². The van der Waals surface area contributed by atoms with Crippen molar-refractivity contribution in [3.63, 3.8) is 0 Å². The highest BCUT2D eigenvalue weighted by molar-refractivity contribution is 8.00. The van der Waals surface area contributed by atoms with E-state index in [0.717, 1.165) is 17.4 Å². The summed E-state index contributed by atoms with van der Waals surface area (Å²) in [4.78, 5) is 3.75. The predicted octanol–water partition coefficient (Wildman–Crippen LogP) is 3.45. The Kier molecular flexibility index (Phi) is 5.00. The second kappa shape index (κ2) is 6.14. The lowest BCUT2D eigenvalue weighted by Gasteiger charge is -2.48. The lowest BCUT2D eigenvalue weighted by atomic mass is 9.88. The molecule has 102 valence electrons. The number of rotatable bonds is 4. The molecule has 2 unspecified atom stereocenters. The maximum atomic E-state index is 6.11. The molecule has 0 radical (unpaired) electrons. The lowest BCUT2D eigenvalue weighted by Crippen LogP contribution is -2.59. The van der Waals surface area contributed by atoms with Gasteiger partial charge in [-0.05, 0) is 37.8 Å². The van der Waals surface area contributed by atoms with E-state index >= 15 is 0 Å². The van der Waals surface area contributed by atoms with Crippen LogP contribution in [0.2, 0.25) is 4.34 Å². The molecule has 1 aromatic rings. The number of thiophene rings is 1. The summed E-state index contributed by atoms with van der Waals surface area (Å²) in [7, 11) is 2.20. The Balaban J connectivity index is 2.11. The molecule has 0 saturated carbocycles. The molecule has 1 aromatic heterocycles. The van der Waals surface area contributed by atoms with Crippen LogP contribution in [-0.4, -0.2) is 35.0 Å². The molecule has 1 aliphatic heterocycles. The summed E-state index contributed by atoms with van der Waals surface area (Å²) >= 11 is 9.71. The second-order valence-electron chi connectivity index (χ2n) is 4.99. The van der Waals surface area contributed by atoms with Crippen LogP contribution in [-0.2, 0) is 6.54 Å². The molecule has 2 atom stereocenters. The van der Waals surface area contributed by atoms with Gasteiger partial charge in [0.15, 0.2) is 0 Å². The molecular weight excluding hydrogens is 284 g/mol. The van der Waals surface area contributed by atoms with E-state index in [1.807, 2.05) is 17.8 Å². The van der Waals surface area contributed by atoms with Crippen molar-refractivity contribution < 1.29 is 0 Å². The van der Waals surface area contributed by atoms with Crippen LogP contribution >= 0.6 is 34.7 Å². The summed E-state index contributed by atoms with van der Waals surface area (Å²) in [6.45, 7) is 3.99. The summed E-state index contributed by atoms with van der Waals surface area (Å²) in [5.41, 5.74) is 6.25. The summed E-state index contributed by atoms with van der Waals surface area (Å²) in [6.07, 6.45) is 2.47. The van der Waals surface area contributed by atoms with Gasteiger partial charge in [0.25, 0.3) is 0 Å². The first-order chi connectivity index (χ1) is 8.58. The maximum absolute atomic E-state index is 6.11. The number of nitrogens with zero attached hydrogens (tertiary/aromatic N) is 1. The van der Waals surface area contributed by atoms with Crippen molar-refractivity contribution in [3.8, 4) is 0 Å². The average Bonchev–Trinajstić information content (AvgIpc) is 2.75. The summed E-state index contributed by atoms with van der Waals surface area (Å²) < 4.78 is 0.867. The van der Waals surface area contributed by atoms with Crippen LogP contribution in [0.5, 0.6) is 0 Å². The first-order valence-corrected chi connectivity index (χ1v) is 8.60. The van der Waals surface area contributed by atoms with Crippen LogP contribution in [0.1, 0.15) is 24.6 Å². The molecule has 1 fully saturated rings. The zero-order valence-electron chi connectivity index (χ0n) is 11.0. The van der Waals surface area contributed by atoms with Gasteiger partial charge in [0.2, 0.25) is 0 Å². The Labute approximate surface area is 123 Å². The van der Waals surface area contributed by atoms with E-state index < -0.39 is 0 Å². The fraction of sp³-hybridized carbons (Fsp3) is 0.692. The highest BCUT2D eigenvalue weighted by Gasteiger charge is 2.41. The van der Waals surface area contributed by atoms with E-state index in [0.29, 0.717) is 5.25 Å². The summed E-state index contributed by atoms with van der Waals surface area (Å²) in [5.74, 6) is 1.27. The Morgan fingerprint density at radius 1 is 1.56 bits per heavy atom. The number of halogens is 1. The minimum absolute atomic E-state index is 0.138. The van der Waals surface area contributed by atoms with Crippen molar-refractivity contribution in [2.45, 2.75) is 37.1 Å². The van der Waals surface area contributed by atoms with E-state index in [1.54, 1.807) is 11.3 Å². The van der Waals surface area contributed by atoms with E-state index in [-0.39, 0.29) is 5.54 Å². The van der Waals surface area contributed by atoms with E-state index in [2.05, 4.69) is 24.9 Å². The largest absolute Gasteiger partial charge is 0.329 e. The zero-order valence-corrected chi connectivity index (χ0v) is 13.4. The molecule has 2 heterocycles. The molecule has 0 spiro atoms. The average molecular weight is 305 g/mol. The molecule has 1 saturated heterocycles. The van der Waals surface area contributed by atoms with Crippen LogP contribution in [0.25, 0.3) is 0 Å². The Hall–Kier alpha value is 0.260. The maximum Gasteiger partial charge on any atom is 0.0931 e. The molecule has 1 aliphatic rings. The van der Waals surface area contributed by atoms with Crippen molar-refractivity contribution in [1.82, 2.24) is 4.90 Å². The molecule has 0 aromatic carbocycles. The van der Waals surface area contributed by atoms with Crippen LogP contribution in [0.15, 0.2) is 12.1 Å². The number of hydrogen-bond donors (Lipinski definition) is 1. The Morgan fingerprint density at radius 2 is 2.33 bits per heavy atom.